The molecule has 2 aliphatic heterocycles. The highest BCUT2D eigenvalue weighted by molar-refractivity contribution is 5.67. The summed E-state index contributed by atoms with van der Waals surface area (Å²) in [6, 6.07) is 16.8. The molecule has 0 aliphatic carbocycles. The van der Waals surface area contributed by atoms with Crippen molar-refractivity contribution in [1.82, 2.24) is 0 Å². The highest BCUT2D eigenvalue weighted by atomic mass is 16.7. The van der Waals surface area contributed by atoms with Gasteiger partial charge in [-0.3, -0.25) is 0 Å². The van der Waals surface area contributed by atoms with Gasteiger partial charge in [0.05, 0.1) is 13.2 Å². The maximum absolute atomic E-state index is 10.1. The van der Waals surface area contributed by atoms with E-state index in [2.05, 4.69) is 12.2 Å². The van der Waals surface area contributed by atoms with Crippen LogP contribution in [0.1, 0.15) is 35.6 Å². The van der Waals surface area contributed by atoms with Gasteiger partial charge in [0.15, 0.2) is 23.0 Å². The molecule has 2 aliphatic rings. The summed E-state index contributed by atoms with van der Waals surface area (Å²) in [7, 11) is 1.55. The molecule has 0 radical (unpaired) electrons. The first-order chi connectivity index (χ1) is 14.5. The van der Waals surface area contributed by atoms with E-state index < -0.39 is 0 Å². The summed E-state index contributed by atoms with van der Waals surface area (Å²) in [5, 5.41) is 23.4. The van der Waals surface area contributed by atoms with E-state index >= 15 is 0 Å². The van der Waals surface area contributed by atoms with Gasteiger partial charge in [-0.1, -0.05) is 25.1 Å². The van der Waals surface area contributed by atoms with E-state index in [9.17, 15) is 10.2 Å². The highest BCUT2D eigenvalue weighted by Crippen LogP contribution is 2.52. The van der Waals surface area contributed by atoms with Crippen molar-refractivity contribution < 1.29 is 24.4 Å². The van der Waals surface area contributed by atoms with Crippen molar-refractivity contribution in [2.45, 2.75) is 18.9 Å². The number of nitrogens with one attached hydrogen (secondary N) is 1. The van der Waals surface area contributed by atoms with E-state index in [1.54, 1.807) is 25.3 Å². The van der Waals surface area contributed by atoms with E-state index in [4.69, 9.17) is 14.2 Å². The summed E-state index contributed by atoms with van der Waals surface area (Å²) in [5.74, 6) is 2.46. The molecule has 0 fully saturated rings. The number of aromatic hydroxyl groups is 2. The van der Waals surface area contributed by atoms with Crippen LogP contribution < -0.4 is 19.5 Å². The third-order valence-electron chi connectivity index (χ3n) is 6.06. The van der Waals surface area contributed by atoms with Gasteiger partial charge in [0.25, 0.3) is 0 Å². The Kier molecular flexibility index (Phi) is 4.35. The van der Waals surface area contributed by atoms with E-state index in [0.717, 1.165) is 33.9 Å². The zero-order chi connectivity index (χ0) is 20.8. The second-order valence-corrected chi connectivity index (χ2v) is 7.77. The zero-order valence-electron chi connectivity index (χ0n) is 16.8. The van der Waals surface area contributed by atoms with Gasteiger partial charge in [-0.2, -0.15) is 0 Å². The maximum Gasteiger partial charge on any atom is 0.231 e. The van der Waals surface area contributed by atoms with Crippen LogP contribution in [0.3, 0.4) is 0 Å². The molecule has 0 saturated heterocycles. The van der Waals surface area contributed by atoms with Crippen molar-refractivity contribution in [2.75, 3.05) is 19.2 Å². The standard InChI is InChI=1S/C24H23NO5/c1-13-23(15-5-8-19(27)20(9-15)28-2)17-10-21-22(30-12-29-21)11-18(17)25-24(13)14-3-6-16(26)7-4-14/h3-11,13,23-27H,12H2,1-2H3. The van der Waals surface area contributed by atoms with Gasteiger partial charge in [0.2, 0.25) is 6.79 Å². The fraction of sp³-hybridized carbons (Fsp3) is 0.250. The highest BCUT2D eigenvalue weighted by Gasteiger charge is 2.37. The molecule has 0 spiro atoms. The number of benzene rings is 3. The Hall–Kier alpha value is -3.54. The molecule has 6 nitrogen and oxygen atoms in total. The molecule has 3 aromatic rings. The fourth-order valence-electron chi connectivity index (χ4n) is 4.55. The normalized spacial score (nSPS) is 21.6. The number of rotatable bonds is 3. The first kappa shape index (κ1) is 18.5. The first-order valence-electron chi connectivity index (χ1n) is 9.91. The molecule has 5 rings (SSSR count). The minimum atomic E-state index is 0.0169. The molecule has 0 saturated carbocycles. The third-order valence-corrected chi connectivity index (χ3v) is 6.06. The van der Waals surface area contributed by atoms with E-state index in [1.165, 1.54) is 0 Å². The van der Waals surface area contributed by atoms with E-state index in [0.29, 0.717) is 5.75 Å². The molecule has 0 amide bonds. The minimum Gasteiger partial charge on any atom is -0.508 e. The number of phenols is 2. The Morgan fingerprint density at radius 3 is 2.37 bits per heavy atom. The van der Waals surface area contributed by atoms with Crippen molar-refractivity contribution >= 4 is 5.69 Å². The average molecular weight is 405 g/mol. The zero-order valence-corrected chi connectivity index (χ0v) is 16.8. The lowest BCUT2D eigenvalue weighted by molar-refractivity contribution is 0.174. The monoisotopic (exact) mass is 405 g/mol. The Balaban J connectivity index is 1.66. The smallest absolute Gasteiger partial charge is 0.231 e. The van der Waals surface area contributed by atoms with Crippen LogP contribution in [0, 0.1) is 5.92 Å². The summed E-state index contributed by atoms with van der Waals surface area (Å²) < 4.78 is 16.6. The Bertz CT molecular complexity index is 1100. The number of hydrogen-bond acceptors (Lipinski definition) is 6. The number of ether oxygens (including phenoxy) is 3. The second kappa shape index (κ2) is 7.06. The lowest BCUT2D eigenvalue weighted by Crippen LogP contribution is -2.30. The van der Waals surface area contributed by atoms with Gasteiger partial charge < -0.3 is 29.7 Å². The molecule has 30 heavy (non-hydrogen) atoms. The van der Waals surface area contributed by atoms with Crippen molar-refractivity contribution in [3.05, 3.63) is 71.3 Å². The number of methoxy groups -OCH3 is 1. The van der Waals surface area contributed by atoms with E-state index in [1.807, 2.05) is 36.4 Å². The fourth-order valence-corrected chi connectivity index (χ4v) is 4.55. The van der Waals surface area contributed by atoms with Crippen LogP contribution in [-0.2, 0) is 0 Å². The molecule has 6 heteroatoms. The van der Waals surface area contributed by atoms with Crippen LogP contribution in [0.2, 0.25) is 0 Å². The molecule has 154 valence electrons. The molecule has 0 aromatic heterocycles. The molecule has 2 heterocycles. The summed E-state index contributed by atoms with van der Waals surface area (Å²) in [6.45, 7) is 2.41. The Morgan fingerprint density at radius 2 is 1.63 bits per heavy atom. The minimum absolute atomic E-state index is 0.0169. The van der Waals surface area contributed by atoms with Crippen LogP contribution >= 0.6 is 0 Å². The topological polar surface area (TPSA) is 80.2 Å². The molecule has 0 bridgehead atoms. The second-order valence-electron chi connectivity index (χ2n) is 7.77. The van der Waals surface area contributed by atoms with Crippen LogP contribution in [0.25, 0.3) is 0 Å². The third kappa shape index (κ3) is 2.96. The molecular weight excluding hydrogens is 382 g/mol. The molecule has 3 N–H and O–H groups in total. The average Bonchev–Trinajstić information content (AvgIpc) is 3.21. The Labute approximate surface area is 174 Å². The number of hydrogen-bond donors (Lipinski definition) is 3. The number of phenolic OH excluding ortho intramolecular Hbond substituents is 2. The van der Waals surface area contributed by atoms with Gasteiger partial charge in [-0.15, -0.1) is 0 Å². The van der Waals surface area contributed by atoms with Crippen LogP contribution in [0.4, 0.5) is 5.69 Å². The van der Waals surface area contributed by atoms with E-state index in [-0.39, 0.29) is 36.2 Å². The van der Waals surface area contributed by atoms with Gasteiger partial charge >= 0.3 is 0 Å². The molecule has 3 aromatic carbocycles. The molecular formula is C24H23NO5. The number of fused-ring (bicyclic) bond motifs is 2. The molecule has 3 atom stereocenters. The van der Waals surface area contributed by atoms with Crippen molar-refractivity contribution in [1.29, 1.82) is 0 Å². The number of anilines is 1. The van der Waals surface area contributed by atoms with Crippen molar-refractivity contribution in [2.24, 2.45) is 5.92 Å². The summed E-state index contributed by atoms with van der Waals surface area (Å²) in [5.41, 5.74) is 4.21. The van der Waals surface area contributed by atoms with Gasteiger partial charge in [0.1, 0.15) is 5.75 Å². The summed E-state index contributed by atoms with van der Waals surface area (Å²) in [4.78, 5) is 0. The van der Waals surface area contributed by atoms with Crippen molar-refractivity contribution in [3.8, 4) is 28.7 Å². The van der Waals surface area contributed by atoms with Gasteiger partial charge in [0, 0.05) is 17.7 Å². The molecule has 3 unspecified atom stereocenters. The first-order valence-corrected chi connectivity index (χ1v) is 9.91. The van der Waals surface area contributed by atoms with Crippen LogP contribution in [0.5, 0.6) is 28.7 Å². The van der Waals surface area contributed by atoms with Crippen molar-refractivity contribution in [3.63, 3.8) is 0 Å². The summed E-state index contributed by atoms with van der Waals surface area (Å²) >= 11 is 0. The predicted molar refractivity (Wildman–Crippen MR) is 113 cm³/mol. The lowest BCUT2D eigenvalue weighted by atomic mass is 9.73. The van der Waals surface area contributed by atoms with Crippen LogP contribution in [0.15, 0.2) is 54.6 Å². The Morgan fingerprint density at radius 1 is 0.933 bits per heavy atom. The van der Waals surface area contributed by atoms with Gasteiger partial charge in [-0.25, -0.2) is 0 Å². The lowest BCUT2D eigenvalue weighted by Gasteiger charge is -2.40. The quantitative estimate of drug-likeness (QED) is 0.583. The SMILES string of the molecule is COc1cc(C2c3cc4c(cc3NC(c3ccc(O)cc3)C2C)OCO4)ccc1O. The summed E-state index contributed by atoms with van der Waals surface area (Å²) in [6.07, 6.45) is 0. The van der Waals surface area contributed by atoms with Gasteiger partial charge in [-0.05, 0) is 52.9 Å². The largest absolute Gasteiger partial charge is 0.508 e. The predicted octanol–water partition coefficient (Wildman–Crippen LogP) is 4.77. The maximum atomic E-state index is 10.1. The van der Waals surface area contributed by atoms with Crippen LogP contribution in [-0.4, -0.2) is 24.1 Å².